The second-order valence-corrected chi connectivity index (χ2v) is 18.1. The number of H-pyrrole nitrogens is 2. The zero-order chi connectivity index (χ0) is 42.0. The van der Waals surface area contributed by atoms with Gasteiger partial charge in [0.1, 0.15) is 29.8 Å². The summed E-state index contributed by atoms with van der Waals surface area (Å²) in [4.78, 5) is 72.8. The van der Waals surface area contributed by atoms with E-state index in [0.29, 0.717) is 45.6 Å². The van der Waals surface area contributed by atoms with Crippen LogP contribution >= 0.6 is 0 Å². The molecule has 6 aliphatic rings. The number of nitrogens with zero attached hydrogens (tertiary/aromatic N) is 4. The summed E-state index contributed by atoms with van der Waals surface area (Å²) in [6.07, 6.45) is 14.3. The zero-order valence-corrected chi connectivity index (χ0v) is 35.6. The number of amides is 4. The molecular formula is C45H62N8O7. The second-order valence-electron chi connectivity index (χ2n) is 18.1. The lowest BCUT2D eigenvalue weighted by Crippen LogP contribution is -2.51. The standard InChI is InChI=1S/C45H62N8O7/c1-5-32(49-43(57)60-31-14-24-59-25-15-31)40(54)52-22-6-9-35(52)39-47-27-36(50-39)45-19-16-44(17-20-45,18-21-45)30-12-10-29(11-13-30)33-26-46-38(48-33)34-8-7-23-53(34)41(55)37(28(2)3)51-42(56)58-4/h10-13,26-28,31-32,34-35,37H,5-9,14-25H2,1-4H3,(H,46,48)(H,47,50)(H,49,57)(H,51,56). The first-order valence-corrected chi connectivity index (χ1v) is 22.2. The molecule has 3 saturated carbocycles. The molecule has 0 radical (unpaired) electrons. The lowest BCUT2D eigenvalue weighted by molar-refractivity contribution is -0.135. The molecule has 3 aliphatic carbocycles. The molecule has 3 aliphatic heterocycles. The van der Waals surface area contributed by atoms with Crippen molar-refractivity contribution in [1.29, 1.82) is 0 Å². The molecule has 4 amide bonds. The lowest BCUT2D eigenvalue weighted by atomic mass is 9.51. The number of aromatic amines is 2. The Bertz CT molecular complexity index is 1980. The Morgan fingerprint density at radius 3 is 2.02 bits per heavy atom. The largest absolute Gasteiger partial charge is 0.453 e. The van der Waals surface area contributed by atoms with Gasteiger partial charge in [0, 0.05) is 43.2 Å². The summed E-state index contributed by atoms with van der Waals surface area (Å²) < 4.78 is 15.8. The third-order valence-corrected chi connectivity index (χ3v) is 14.4. The van der Waals surface area contributed by atoms with Crippen LogP contribution in [0.15, 0.2) is 36.7 Å². The van der Waals surface area contributed by atoms with Crippen molar-refractivity contribution in [3.63, 3.8) is 0 Å². The van der Waals surface area contributed by atoms with E-state index in [1.807, 2.05) is 43.0 Å². The van der Waals surface area contributed by atoms with Gasteiger partial charge < -0.3 is 44.6 Å². The number of ether oxygens (including phenoxy) is 3. The summed E-state index contributed by atoms with van der Waals surface area (Å²) >= 11 is 0. The number of likely N-dealkylation sites (tertiary alicyclic amines) is 2. The number of hydrogen-bond acceptors (Lipinski definition) is 9. The number of benzene rings is 1. The first-order valence-electron chi connectivity index (χ1n) is 22.2. The minimum absolute atomic E-state index is 0.0498. The van der Waals surface area contributed by atoms with E-state index in [1.54, 1.807) is 0 Å². The Kier molecular flexibility index (Phi) is 12.3. The molecule has 4 N–H and O–H groups in total. The number of hydrogen-bond donors (Lipinski definition) is 4. The smallest absolute Gasteiger partial charge is 0.408 e. The van der Waals surface area contributed by atoms with E-state index in [1.165, 1.54) is 18.4 Å². The van der Waals surface area contributed by atoms with Crippen molar-refractivity contribution in [2.24, 2.45) is 5.92 Å². The van der Waals surface area contributed by atoms with Crippen molar-refractivity contribution in [3.05, 3.63) is 59.6 Å². The molecule has 2 bridgehead atoms. The molecule has 15 nitrogen and oxygen atoms in total. The Labute approximate surface area is 352 Å². The molecule has 0 spiro atoms. The predicted octanol–water partition coefficient (Wildman–Crippen LogP) is 6.73. The molecule has 3 aromatic rings. The van der Waals surface area contributed by atoms with E-state index in [-0.39, 0.29) is 46.7 Å². The van der Waals surface area contributed by atoms with Crippen molar-refractivity contribution in [3.8, 4) is 11.3 Å². The molecule has 15 heteroatoms. The van der Waals surface area contributed by atoms with Gasteiger partial charge in [-0.25, -0.2) is 19.6 Å². The van der Waals surface area contributed by atoms with Gasteiger partial charge in [-0.05, 0) is 93.1 Å². The average molecular weight is 827 g/mol. The van der Waals surface area contributed by atoms with Crippen molar-refractivity contribution in [1.82, 2.24) is 40.4 Å². The van der Waals surface area contributed by atoms with Gasteiger partial charge in [0.25, 0.3) is 0 Å². The van der Waals surface area contributed by atoms with Crippen molar-refractivity contribution >= 4 is 24.0 Å². The fraction of sp³-hybridized carbons (Fsp3) is 0.644. The van der Waals surface area contributed by atoms with Crippen molar-refractivity contribution in [2.75, 3.05) is 33.4 Å². The van der Waals surface area contributed by atoms with Gasteiger partial charge in [-0.3, -0.25) is 9.59 Å². The maximum absolute atomic E-state index is 13.8. The number of fused-ring (bicyclic) bond motifs is 3. The summed E-state index contributed by atoms with van der Waals surface area (Å²) in [5.74, 6) is 1.30. The Morgan fingerprint density at radius 1 is 0.800 bits per heavy atom. The zero-order valence-electron chi connectivity index (χ0n) is 35.6. The highest BCUT2D eigenvalue weighted by molar-refractivity contribution is 5.87. The number of methoxy groups -OCH3 is 1. The Balaban J connectivity index is 0.882. The summed E-state index contributed by atoms with van der Waals surface area (Å²) in [6.45, 7) is 8.15. The Morgan fingerprint density at radius 2 is 1.40 bits per heavy atom. The van der Waals surface area contributed by atoms with Crippen LogP contribution in [0, 0.1) is 5.92 Å². The molecule has 6 fully saturated rings. The van der Waals surface area contributed by atoms with Crippen LogP contribution in [0.3, 0.4) is 0 Å². The molecule has 4 atom stereocenters. The molecule has 5 heterocycles. The highest BCUT2D eigenvalue weighted by Crippen LogP contribution is 2.58. The van der Waals surface area contributed by atoms with Crippen molar-refractivity contribution < 1.29 is 33.4 Å². The molecule has 3 saturated heterocycles. The van der Waals surface area contributed by atoms with E-state index in [2.05, 4.69) is 44.9 Å². The highest BCUT2D eigenvalue weighted by Gasteiger charge is 2.51. The topological polar surface area (TPSA) is 184 Å². The lowest BCUT2D eigenvalue weighted by Gasteiger charge is -2.53. The molecule has 2 aromatic heterocycles. The SMILES string of the molecule is CCC(NC(=O)OC1CCOCC1)C(=O)N1CCCC1c1ncc(C23CCC(c4ccc(-c5cnc(C6CCCN6C(=O)C(NC(=O)OC)C(C)C)[nH]5)cc4)(CC2)CC3)[nH]1. The van der Waals surface area contributed by atoms with Crippen LogP contribution in [0.5, 0.6) is 0 Å². The molecular weight excluding hydrogens is 765 g/mol. The number of nitrogens with one attached hydrogen (secondary N) is 4. The molecule has 4 unspecified atom stereocenters. The molecule has 60 heavy (non-hydrogen) atoms. The van der Waals surface area contributed by atoms with Crippen molar-refractivity contribution in [2.45, 2.75) is 145 Å². The maximum atomic E-state index is 13.8. The van der Waals surface area contributed by atoms with Gasteiger partial charge in [-0.1, -0.05) is 45.0 Å². The first-order chi connectivity index (χ1) is 29.0. The highest BCUT2D eigenvalue weighted by atomic mass is 16.6. The normalized spacial score (nSPS) is 26.6. The molecule has 9 rings (SSSR count). The summed E-state index contributed by atoms with van der Waals surface area (Å²) in [7, 11) is 1.30. The fourth-order valence-electron chi connectivity index (χ4n) is 10.6. The van der Waals surface area contributed by atoms with Crippen LogP contribution < -0.4 is 10.6 Å². The predicted molar refractivity (Wildman–Crippen MR) is 223 cm³/mol. The number of carbonyl (C=O) groups excluding carboxylic acids is 4. The minimum atomic E-state index is -0.675. The number of carbonyl (C=O) groups is 4. The van der Waals surface area contributed by atoms with Crippen LogP contribution in [-0.4, -0.2) is 105 Å². The van der Waals surface area contributed by atoms with Crippen LogP contribution in [0.4, 0.5) is 9.59 Å². The van der Waals surface area contributed by atoms with Crippen LogP contribution in [0.2, 0.25) is 0 Å². The Hall–Kier alpha value is -4.92. The average Bonchev–Trinajstić information content (AvgIpc) is 4.12. The number of rotatable bonds is 12. The third kappa shape index (κ3) is 8.25. The van der Waals surface area contributed by atoms with Gasteiger partial charge in [-0.15, -0.1) is 0 Å². The van der Waals surface area contributed by atoms with Gasteiger partial charge in [-0.2, -0.15) is 0 Å². The van der Waals surface area contributed by atoms with Gasteiger partial charge in [0.2, 0.25) is 11.8 Å². The van der Waals surface area contributed by atoms with Gasteiger partial charge >= 0.3 is 12.2 Å². The van der Waals surface area contributed by atoms with E-state index in [9.17, 15) is 19.2 Å². The summed E-state index contributed by atoms with van der Waals surface area (Å²) in [6, 6.07) is 7.30. The third-order valence-electron chi connectivity index (χ3n) is 14.4. The molecule has 324 valence electrons. The fourth-order valence-corrected chi connectivity index (χ4v) is 10.6. The van der Waals surface area contributed by atoms with Gasteiger partial charge in [0.15, 0.2) is 0 Å². The first kappa shape index (κ1) is 41.8. The van der Waals surface area contributed by atoms with E-state index in [0.717, 1.165) is 87.1 Å². The monoisotopic (exact) mass is 826 g/mol. The molecule has 1 aromatic carbocycles. The summed E-state index contributed by atoms with van der Waals surface area (Å²) in [5, 5.41) is 5.56. The quantitative estimate of drug-likeness (QED) is 0.154. The number of aromatic nitrogens is 4. The number of imidazole rings is 2. The maximum Gasteiger partial charge on any atom is 0.408 e. The summed E-state index contributed by atoms with van der Waals surface area (Å²) in [5.41, 5.74) is 4.72. The van der Waals surface area contributed by atoms with E-state index >= 15 is 0 Å². The van der Waals surface area contributed by atoms with Crippen LogP contribution in [0.1, 0.15) is 139 Å². The van der Waals surface area contributed by atoms with Gasteiger partial charge in [0.05, 0.1) is 44.3 Å². The van der Waals surface area contributed by atoms with E-state index in [4.69, 9.17) is 24.2 Å². The van der Waals surface area contributed by atoms with E-state index < -0.39 is 24.3 Å². The van der Waals surface area contributed by atoms with Crippen LogP contribution in [-0.2, 0) is 34.6 Å². The second kappa shape index (κ2) is 17.6. The minimum Gasteiger partial charge on any atom is -0.453 e. The van der Waals surface area contributed by atoms with Crippen LogP contribution in [0.25, 0.3) is 11.3 Å². The number of alkyl carbamates (subject to hydrolysis) is 2.